The van der Waals surface area contributed by atoms with Gasteiger partial charge in [-0.3, -0.25) is 14.3 Å². The lowest BCUT2D eigenvalue weighted by molar-refractivity contribution is -0.138. The van der Waals surface area contributed by atoms with Gasteiger partial charge < -0.3 is 4.90 Å². The van der Waals surface area contributed by atoms with Crippen LogP contribution in [0.25, 0.3) is 0 Å². The van der Waals surface area contributed by atoms with Gasteiger partial charge in [-0.15, -0.1) is 0 Å². The molecule has 0 radical (unpaired) electrons. The number of hydrogen-bond donors (Lipinski definition) is 0. The average Bonchev–Trinajstić information content (AvgIpc) is 2.94. The van der Waals surface area contributed by atoms with E-state index in [0.717, 1.165) is 6.07 Å². The van der Waals surface area contributed by atoms with Gasteiger partial charge in [0.2, 0.25) is 0 Å². The molecule has 1 aromatic heterocycles. The van der Waals surface area contributed by atoms with Crippen molar-refractivity contribution in [3.63, 3.8) is 0 Å². The minimum absolute atomic E-state index is 0.0372. The molecule has 8 heteroatoms. The third-order valence-electron chi connectivity index (χ3n) is 4.09. The smallest absolute Gasteiger partial charge is 0.305 e. The Bertz CT molecular complexity index is 826. The summed E-state index contributed by atoms with van der Waals surface area (Å²) in [5.41, 5.74) is -0.0133. The van der Waals surface area contributed by atoms with E-state index < -0.39 is 17.6 Å². The molecule has 1 aliphatic rings. The minimum Gasteiger partial charge on any atom is -0.305 e. The average molecular weight is 337 g/mol. The third-order valence-corrected chi connectivity index (χ3v) is 4.09. The van der Waals surface area contributed by atoms with Crippen molar-refractivity contribution in [3.05, 3.63) is 46.8 Å². The fourth-order valence-electron chi connectivity index (χ4n) is 2.93. The molecule has 126 valence electrons. The summed E-state index contributed by atoms with van der Waals surface area (Å²) in [5.74, 6) is -0.452. The highest BCUT2D eigenvalue weighted by molar-refractivity contribution is 6.09. The van der Waals surface area contributed by atoms with Gasteiger partial charge in [-0.25, -0.2) is 0 Å². The van der Waals surface area contributed by atoms with E-state index in [0.29, 0.717) is 12.0 Å². The van der Waals surface area contributed by atoms with Gasteiger partial charge in [-0.2, -0.15) is 18.3 Å². The Hall–Kier alpha value is -2.64. The fraction of sp³-hybridized carbons (Fsp3) is 0.312. The second-order valence-electron chi connectivity index (χ2n) is 5.77. The zero-order chi connectivity index (χ0) is 17.6. The first-order valence-electron chi connectivity index (χ1n) is 7.26. The molecule has 0 fully saturated rings. The van der Waals surface area contributed by atoms with Crippen LogP contribution in [0.1, 0.15) is 44.9 Å². The number of hydrogen-bond acceptors (Lipinski definition) is 3. The van der Waals surface area contributed by atoms with Crippen molar-refractivity contribution in [2.75, 3.05) is 11.4 Å². The van der Waals surface area contributed by atoms with Crippen LogP contribution >= 0.6 is 0 Å². The molecule has 5 nitrogen and oxygen atoms in total. The van der Waals surface area contributed by atoms with E-state index in [1.807, 2.05) is 6.92 Å². The summed E-state index contributed by atoms with van der Waals surface area (Å²) in [6.07, 6.45) is -2.58. The van der Waals surface area contributed by atoms with Gasteiger partial charge in [0, 0.05) is 12.2 Å². The molecule has 24 heavy (non-hydrogen) atoms. The van der Waals surface area contributed by atoms with E-state index in [-0.39, 0.29) is 29.4 Å². The zero-order valence-corrected chi connectivity index (χ0v) is 13.0. The molecule has 2 aromatic rings. The summed E-state index contributed by atoms with van der Waals surface area (Å²) < 4.78 is 40.1. The molecule has 0 aliphatic carbocycles. The van der Waals surface area contributed by atoms with Crippen LogP contribution in [-0.4, -0.2) is 28.5 Å². The largest absolute Gasteiger partial charge is 0.416 e. The quantitative estimate of drug-likeness (QED) is 0.791. The maximum atomic E-state index is 12.9. The van der Waals surface area contributed by atoms with Gasteiger partial charge in [0.25, 0.3) is 5.91 Å². The first-order valence-corrected chi connectivity index (χ1v) is 7.26. The van der Waals surface area contributed by atoms with Gasteiger partial charge >= 0.3 is 6.18 Å². The Kier molecular flexibility index (Phi) is 3.70. The van der Waals surface area contributed by atoms with Crippen LogP contribution in [0.5, 0.6) is 0 Å². The van der Waals surface area contributed by atoms with E-state index in [1.165, 1.54) is 34.8 Å². The SMILES string of the molecule is Cc1cc(N2C[C@H](C)n3ncc(C=O)c3C2=O)ccc1C(F)(F)F. The number of nitrogens with zero attached hydrogens (tertiary/aromatic N) is 3. The van der Waals surface area contributed by atoms with Crippen molar-refractivity contribution < 1.29 is 22.8 Å². The molecule has 3 rings (SSSR count). The highest BCUT2D eigenvalue weighted by Crippen LogP contribution is 2.35. The number of amides is 1. The summed E-state index contributed by atoms with van der Waals surface area (Å²) in [4.78, 5) is 25.2. The van der Waals surface area contributed by atoms with E-state index in [2.05, 4.69) is 5.10 Å². The van der Waals surface area contributed by atoms with Crippen LogP contribution in [0, 0.1) is 6.92 Å². The van der Waals surface area contributed by atoms with Crippen molar-refractivity contribution in [3.8, 4) is 0 Å². The second-order valence-corrected chi connectivity index (χ2v) is 5.77. The lowest BCUT2D eigenvalue weighted by Gasteiger charge is -2.32. The lowest BCUT2D eigenvalue weighted by Crippen LogP contribution is -2.43. The number of aryl methyl sites for hydroxylation is 1. The minimum atomic E-state index is -4.44. The van der Waals surface area contributed by atoms with Crippen LogP contribution in [0.4, 0.5) is 18.9 Å². The second kappa shape index (κ2) is 5.47. The summed E-state index contributed by atoms with van der Waals surface area (Å²) in [6.45, 7) is 3.43. The highest BCUT2D eigenvalue weighted by atomic mass is 19.4. The predicted octanol–water partition coefficient (Wildman–Crippen LogP) is 3.24. The lowest BCUT2D eigenvalue weighted by atomic mass is 10.1. The van der Waals surface area contributed by atoms with Crippen molar-refractivity contribution in [1.29, 1.82) is 0 Å². The normalized spacial score (nSPS) is 17.8. The highest BCUT2D eigenvalue weighted by Gasteiger charge is 2.35. The van der Waals surface area contributed by atoms with Crippen LogP contribution < -0.4 is 4.90 Å². The molecule has 0 saturated carbocycles. The Morgan fingerprint density at radius 3 is 2.62 bits per heavy atom. The Morgan fingerprint density at radius 1 is 1.33 bits per heavy atom. The van der Waals surface area contributed by atoms with Crippen LogP contribution in [0.3, 0.4) is 0 Å². The van der Waals surface area contributed by atoms with Crippen LogP contribution in [0.2, 0.25) is 0 Å². The van der Waals surface area contributed by atoms with Crippen molar-refractivity contribution in [2.45, 2.75) is 26.1 Å². The summed E-state index contributed by atoms with van der Waals surface area (Å²) in [6, 6.07) is 3.37. The number of carbonyl (C=O) groups is 2. The van der Waals surface area contributed by atoms with Gasteiger partial charge in [0.1, 0.15) is 5.69 Å². The number of fused-ring (bicyclic) bond motifs is 1. The van der Waals surface area contributed by atoms with Gasteiger partial charge in [0.15, 0.2) is 6.29 Å². The topological polar surface area (TPSA) is 55.2 Å². The van der Waals surface area contributed by atoms with Gasteiger partial charge in [-0.05, 0) is 37.6 Å². The molecular formula is C16H14F3N3O2. The molecule has 1 amide bonds. The number of halogens is 3. The molecule has 0 spiro atoms. The van der Waals surface area contributed by atoms with E-state index in [4.69, 9.17) is 0 Å². The number of carbonyl (C=O) groups excluding carboxylic acids is 2. The number of alkyl halides is 3. The summed E-state index contributed by atoms with van der Waals surface area (Å²) in [5, 5.41) is 4.04. The predicted molar refractivity (Wildman–Crippen MR) is 80.2 cm³/mol. The van der Waals surface area contributed by atoms with Crippen LogP contribution in [0.15, 0.2) is 24.4 Å². The number of benzene rings is 1. The monoisotopic (exact) mass is 337 g/mol. The van der Waals surface area contributed by atoms with Crippen molar-refractivity contribution in [1.82, 2.24) is 9.78 Å². The molecule has 0 unspecified atom stereocenters. The molecule has 0 bridgehead atoms. The van der Waals surface area contributed by atoms with Gasteiger partial charge in [0.05, 0.1) is 23.4 Å². The summed E-state index contributed by atoms with van der Waals surface area (Å²) >= 11 is 0. The number of anilines is 1. The van der Waals surface area contributed by atoms with E-state index >= 15 is 0 Å². The van der Waals surface area contributed by atoms with E-state index in [1.54, 1.807) is 0 Å². The maximum absolute atomic E-state index is 12.9. The van der Waals surface area contributed by atoms with Crippen LogP contribution in [-0.2, 0) is 6.18 Å². The van der Waals surface area contributed by atoms with E-state index in [9.17, 15) is 22.8 Å². The molecule has 1 atom stereocenters. The Labute approximate surface area is 135 Å². The first-order chi connectivity index (χ1) is 11.2. The molecular weight excluding hydrogens is 323 g/mol. The summed E-state index contributed by atoms with van der Waals surface area (Å²) in [7, 11) is 0. The maximum Gasteiger partial charge on any atom is 0.416 e. The molecule has 1 aromatic carbocycles. The first kappa shape index (κ1) is 16.2. The molecule has 2 heterocycles. The fourth-order valence-corrected chi connectivity index (χ4v) is 2.93. The third kappa shape index (κ3) is 2.47. The van der Waals surface area contributed by atoms with Gasteiger partial charge in [-0.1, -0.05) is 0 Å². The number of rotatable bonds is 2. The molecule has 0 saturated heterocycles. The molecule has 0 N–H and O–H groups in total. The van der Waals surface area contributed by atoms with Crippen molar-refractivity contribution >= 4 is 17.9 Å². The number of aromatic nitrogens is 2. The molecule has 1 aliphatic heterocycles. The Balaban J connectivity index is 2.04. The van der Waals surface area contributed by atoms with Crippen molar-refractivity contribution in [2.24, 2.45) is 0 Å². The zero-order valence-electron chi connectivity index (χ0n) is 13.0. The standard InChI is InChI=1S/C16H14F3N3O2/c1-9-5-12(3-4-13(9)16(17,18)19)21-7-10(2)22-14(15(21)24)11(8-23)6-20-22/h3-6,8,10H,7H2,1-2H3/t10-/m0/s1. The number of aldehydes is 1. The Morgan fingerprint density at radius 2 is 2.04 bits per heavy atom.